The fraction of sp³-hybridized carbons (Fsp3) is 0.286. The van der Waals surface area contributed by atoms with Crippen LogP contribution < -0.4 is 29.6 Å². The third kappa shape index (κ3) is 9.12. The number of esters is 4. The minimum absolute atomic E-state index is 0. The largest absolute Gasteiger partial charge is 1.00 e. The maximum absolute atomic E-state index is 11.2. The van der Waals surface area contributed by atoms with Crippen LogP contribution in [0.25, 0.3) is 0 Å². The van der Waals surface area contributed by atoms with E-state index in [0.29, 0.717) is 25.0 Å². The van der Waals surface area contributed by atoms with E-state index in [4.69, 9.17) is 0 Å². The van der Waals surface area contributed by atoms with Crippen LogP contribution in [-0.2, 0) is 28.7 Å². The molecule has 110 valence electrons. The zero-order valence-corrected chi connectivity index (χ0v) is 14.4. The predicted molar refractivity (Wildman–Crippen MR) is 71.3 cm³/mol. The van der Waals surface area contributed by atoms with Crippen LogP contribution in [0.1, 0.15) is 28.1 Å². The van der Waals surface area contributed by atoms with Crippen LogP contribution in [-0.4, -0.2) is 23.9 Å². The van der Waals surface area contributed by atoms with Crippen LogP contribution >= 0.6 is 0 Å². The smallest absolute Gasteiger partial charge is 1.00 e. The number of rotatable bonds is 6. The van der Waals surface area contributed by atoms with E-state index in [9.17, 15) is 19.2 Å². The second-order valence-electron chi connectivity index (χ2n) is 3.66. The molecule has 0 aliphatic carbocycles. The molecule has 0 rings (SSSR count). The maximum atomic E-state index is 11.2. The van der Waals surface area contributed by atoms with Crippen molar-refractivity contribution in [2.45, 2.75) is 26.7 Å². The van der Waals surface area contributed by atoms with Crippen LogP contribution in [0.3, 0.4) is 0 Å². The van der Waals surface area contributed by atoms with Crippen LogP contribution in [0, 0.1) is 0 Å². The monoisotopic (exact) mass is 304 g/mol. The Bertz CT molecular complexity index is 452. The minimum Gasteiger partial charge on any atom is -1.00 e. The van der Waals surface area contributed by atoms with E-state index in [-0.39, 0.29) is 42.1 Å². The summed E-state index contributed by atoms with van der Waals surface area (Å²) in [6.45, 7) is 10.1. The third-order valence-corrected chi connectivity index (χ3v) is 2.17. The molecule has 0 saturated heterocycles. The number of hydrogen-bond donors (Lipinski definition) is 0. The Labute approximate surface area is 146 Å². The average Bonchev–Trinajstić information content (AvgIpc) is 2.42. The Kier molecular flexibility index (Phi) is 11.6. The molecule has 0 unspecified atom stereocenters. The van der Waals surface area contributed by atoms with E-state index in [0.717, 1.165) is 0 Å². The molecule has 0 atom stereocenters. The molecular formula is C14H17NaO6. The van der Waals surface area contributed by atoms with Crippen molar-refractivity contribution in [3.8, 4) is 0 Å². The number of carbonyl (C=O) groups excluding carboxylic acids is 4. The Morgan fingerprint density at radius 2 is 1.14 bits per heavy atom. The molecule has 0 aliphatic heterocycles. The van der Waals surface area contributed by atoms with Gasteiger partial charge in [0, 0.05) is 23.3 Å². The molecule has 0 aliphatic rings. The summed E-state index contributed by atoms with van der Waals surface area (Å²) in [7, 11) is 0. The van der Waals surface area contributed by atoms with Gasteiger partial charge in [0.05, 0.1) is 0 Å². The Hall–Kier alpha value is -1.50. The van der Waals surface area contributed by atoms with Gasteiger partial charge in [0.15, 0.2) is 0 Å². The molecule has 0 aromatic rings. The van der Waals surface area contributed by atoms with Crippen molar-refractivity contribution >= 4 is 23.9 Å². The second kappa shape index (κ2) is 11.2. The molecule has 21 heavy (non-hydrogen) atoms. The molecule has 0 saturated carbocycles. The summed E-state index contributed by atoms with van der Waals surface area (Å²) in [6, 6.07) is 0. The second-order valence-corrected chi connectivity index (χ2v) is 3.66. The predicted octanol–water partition coefficient (Wildman–Crippen LogP) is -1.27. The SMILES string of the molecule is C=C(CC)C(=O)OC(=O)/C=C\C(=O)OC(=O)C(=C)CC.[H-].[Na+]. The van der Waals surface area contributed by atoms with E-state index in [2.05, 4.69) is 22.6 Å². The van der Waals surface area contributed by atoms with E-state index in [1.807, 2.05) is 0 Å². The molecule has 0 spiro atoms. The van der Waals surface area contributed by atoms with Gasteiger partial charge in [-0.3, -0.25) is 0 Å². The van der Waals surface area contributed by atoms with Gasteiger partial charge in [-0.25, -0.2) is 19.2 Å². The molecule has 6 nitrogen and oxygen atoms in total. The molecule has 0 aromatic carbocycles. The molecule has 0 radical (unpaired) electrons. The summed E-state index contributed by atoms with van der Waals surface area (Å²) in [5.41, 5.74) is 0.257. The van der Waals surface area contributed by atoms with Gasteiger partial charge in [-0.05, 0) is 12.8 Å². The van der Waals surface area contributed by atoms with Gasteiger partial charge in [-0.2, -0.15) is 0 Å². The van der Waals surface area contributed by atoms with Crippen LogP contribution in [0.5, 0.6) is 0 Å². The molecular weight excluding hydrogens is 287 g/mol. The summed E-state index contributed by atoms with van der Waals surface area (Å²) in [5, 5.41) is 0. The quantitative estimate of drug-likeness (QED) is 0.263. The first kappa shape index (κ1) is 21.8. The van der Waals surface area contributed by atoms with Crippen molar-refractivity contribution in [3.05, 3.63) is 36.5 Å². The molecule has 0 aromatic heterocycles. The fourth-order valence-corrected chi connectivity index (χ4v) is 0.820. The molecule has 0 fully saturated rings. The summed E-state index contributed by atoms with van der Waals surface area (Å²) >= 11 is 0. The number of carbonyl (C=O) groups is 4. The fourth-order valence-electron chi connectivity index (χ4n) is 0.820. The Balaban J connectivity index is -0.00000180. The van der Waals surface area contributed by atoms with Crippen LogP contribution in [0.2, 0.25) is 0 Å². The summed E-state index contributed by atoms with van der Waals surface area (Å²) < 4.78 is 8.71. The zero-order valence-electron chi connectivity index (χ0n) is 13.4. The van der Waals surface area contributed by atoms with Crippen molar-refractivity contribution in [1.29, 1.82) is 0 Å². The number of hydrogen-bond acceptors (Lipinski definition) is 6. The van der Waals surface area contributed by atoms with Crippen LogP contribution in [0.15, 0.2) is 36.5 Å². The van der Waals surface area contributed by atoms with Gasteiger partial charge in [0.1, 0.15) is 0 Å². The third-order valence-electron chi connectivity index (χ3n) is 2.17. The zero-order chi connectivity index (χ0) is 15.7. The minimum atomic E-state index is -1.05. The standard InChI is InChI=1S/C14H16O6.Na.H/c1-5-9(3)13(17)19-11(15)7-8-12(16)20-14(18)10(4)6-2;;/h7-8H,3-6H2,1-2H3;;/q;+1;-1/b8-7-;;. The summed E-state index contributed by atoms with van der Waals surface area (Å²) in [6.07, 6.45) is 2.05. The molecule has 0 heterocycles. The van der Waals surface area contributed by atoms with E-state index < -0.39 is 23.9 Å². The van der Waals surface area contributed by atoms with Crippen molar-refractivity contribution < 1.29 is 59.6 Å². The van der Waals surface area contributed by atoms with E-state index in [1.165, 1.54) is 0 Å². The van der Waals surface area contributed by atoms with Gasteiger partial charge >= 0.3 is 53.4 Å². The van der Waals surface area contributed by atoms with Crippen molar-refractivity contribution in [2.24, 2.45) is 0 Å². The van der Waals surface area contributed by atoms with Crippen molar-refractivity contribution in [3.63, 3.8) is 0 Å². The van der Waals surface area contributed by atoms with Gasteiger partial charge < -0.3 is 10.9 Å². The van der Waals surface area contributed by atoms with Gasteiger partial charge in [0.25, 0.3) is 0 Å². The van der Waals surface area contributed by atoms with Gasteiger partial charge in [-0.15, -0.1) is 0 Å². The first-order valence-corrected chi connectivity index (χ1v) is 5.87. The molecule has 0 N–H and O–H groups in total. The van der Waals surface area contributed by atoms with Gasteiger partial charge in [0.2, 0.25) is 0 Å². The topological polar surface area (TPSA) is 86.7 Å². The van der Waals surface area contributed by atoms with Gasteiger partial charge in [-0.1, -0.05) is 27.0 Å². The molecule has 7 heteroatoms. The first-order chi connectivity index (χ1) is 9.31. The molecule has 0 amide bonds. The number of ether oxygens (including phenoxy) is 2. The van der Waals surface area contributed by atoms with E-state index in [1.54, 1.807) is 13.8 Å². The Morgan fingerprint density at radius 3 is 1.38 bits per heavy atom. The van der Waals surface area contributed by atoms with E-state index >= 15 is 0 Å². The first-order valence-electron chi connectivity index (χ1n) is 5.87. The van der Waals surface area contributed by atoms with Crippen molar-refractivity contribution in [2.75, 3.05) is 0 Å². The summed E-state index contributed by atoms with van der Waals surface area (Å²) in [5.74, 6) is -3.84. The maximum Gasteiger partial charge on any atom is 1.00 e. The Morgan fingerprint density at radius 1 is 0.857 bits per heavy atom. The summed E-state index contributed by atoms with van der Waals surface area (Å²) in [4.78, 5) is 44.7. The average molecular weight is 304 g/mol. The normalized spacial score (nSPS) is 9.43. The van der Waals surface area contributed by atoms with Crippen molar-refractivity contribution in [1.82, 2.24) is 0 Å². The van der Waals surface area contributed by atoms with Crippen LogP contribution in [0.4, 0.5) is 0 Å². The molecule has 0 bridgehead atoms.